The highest BCUT2D eigenvalue weighted by Gasteiger charge is 2.13. The van der Waals surface area contributed by atoms with E-state index in [4.69, 9.17) is 0 Å². The molecular formula is C17H28BrN3. The number of halogens is 1. The predicted octanol–water partition coefficient (Wildman–Crippen LogP) is 3.13. The molecule has 0 aromatic heterocycles. The minimum absolute atomic E-state index is 0.468. The van der Waals surface area contributed by atoms with Gasteiger partial charge in [0, 0.05) is 36.7 Å². The number of hydrogen-bond acceptors (Lipinski definition) is 3. The van der Waals surface area contributed by atoms with E-state index in [1.165, 1.54) is 44.7 Å². The van der Waals surface area contributed by atoms with E-state index in [1.54, 1.807) is 0 Å². The van der Waals surface area contributed by atoms with E-state index in [0.717, 1.165) is 17.4 Å². The van der Waals surface area contributed by atoms with Crippen LogP contribution in [0.1, 0.15) is 31.4 Å². The van der Waals surface area contributed by atoms with E-state index in [0.29, 0.717) is 6.04 Å². The first-order chi connectivity index (χ1) is 10.2. The number of benzene rings is 1. The molecular weight excluding hydrogens is 326 g/mol. The van der Waals surface area contributed by atoms with E-state index in [-0.39, 0.29) is 0 Å². The molecule has 1 atom stereocenters. The molecule has 0 spiro atoms. The van der Waals surface area contributed by atoms with Crippen molar-refractivity contribution in [2.75, 3.05) is 46.3 Å². The van der Waals surface area contributed by atoms with Crippen LogP contribution in [0, 0.1) is 0 Å². The maximum absolute atomic E-state index is 3.70. The molecule has 1 fully saturated rings. The number of rotatable bonds is 7. The summed E-state index contributed by atoms with van der Waals surface area (Å²) in [4.78, 5) is 5.00. The van der Waals surface area contributed by atoms with Gasteiger partial charge in [0.2, 0.25) is 0 Å². The molecule has 0 radical (unpaired) electrons. The largest absolute Gasteiger partial charge is 0.310 e. The second-order valence-electron chi connectivity index (χ2n) is 5.97. The lowest BCUT2D eigenvalue weighted by atomic mass is 10.0. The number of nitrogens with zero attached hydrogens (tertiary/aromatic N) is 2. The summed E-state index contributed by atoms with van der Waals surface area (Å²) in [6, 6.07) is 9.11. The Hall–Kier alpha value is -0.420. The Morgan fingerprint density at radius 2 is 2.00 bits per heavy atom. The third kappa shape index (κ3) is 5.70. The van der Waals surface area contributed by atoms with E-state index in [1.807, 2.05) is 0 Å². The van der Waals surface area contributed by atoms with Crippen molar-refractivity contribution in [3.8, 4) is 0 Å². The molecule has 2 rings (SSSR count). The van der Waals surface area contributed by atoms with Gasteiger partial charge in [-0.05, 0) is 50.7 Å². The first kappa shape index (κ1) is 16.9. The van der Waals surface area contributed by atoms with Crippen molar-refractivity contribution < 1.29 is 0 Å². The Morgan fingerprint density at radius 3 is 2.67 bits per heavy atom. The molecule has 1 aromatic rings. The van der Waals surface area contributed by atoms with Crippen LogP contribution < -0.4 is 5.32 Å². The summed E-state index contributed by atoms with van der Waals surface area (Å²) in [5.74, 6) is 0. The molecule has 1 heterocycles. The van der Waals surface area contributed by atoms with Crippen molar-refractivity contribution in [2.45, 2.75) is 25.8 Å². The molecule has 1 N–H and O–H groups in total. The Labute approximate surface area is 137 Å². The summed E-state index contributed by atoms with van der Waals surface area (Å²) < 4.78 is 1.16. The lowest BCUT2D eigenvalue weighted by Crippen LogP contribution is -2.45. The van der Waals surface area contributed by atoms with Crippen LogP contribution in [0.15, 0.2) is 28.7 Å². The van der Waals surface area contributed by atoms with Gasteiger partial charge in [-0.1, -0.05) is 35.0 Å². The lowest BCUT2D eigenvalue weighted by molar-refractivity contribution is 0.152. The van der Waals surface area contributed by atoms with Gasteiger partial charge < -0.3 is 15.1 Å². The van der Waals surface area contributed by atoms with Crippen molar-refractivity contribution in [1.29, 1.82) is 0 Å². The van der Waals surface area contributed by atoms with Crippen LogP contribution in [-0.4, -0.2) is 56.1 Å². The Bertz CT molecular complexity index is 416. The SMILES string of the molecule is CCC(NCCCN1CCN(C)CC1)c1cccc(Br)c1. The van der Waals surface area contributed by atoms with Gasteiger partial charge in [0.05, 0.1) is 0 Å². The molecule has 0 amide bonds. The third-order valence-electron chi connectivity index (χ3n) is 4.30. The molecule has 1 saturated heterocycles. The summed E-state index contributed by atoms with van der Waals surface area (Å²) in [6.45, 7) is 9.43. The first-order valence-corrected chi connectivity index (χ1v) is 8.88. The molecule has 0 saturated carbocycles. The molecule has 0 bridgehead atoms. The van der Waals surface area contributed by atoms with Crippen LogP contribution in [0.4, 0.5) is 0 Å². The van der Waals surface area contributed by atoms with E-state index in [9.17, 15) is 0 Å². The van der Waals surface area contributed by atoms with Crippen LogP contribution in [-0.2, 0) is 0 Å². The summed E-state index contributed by atoms with van der Waals surface area (Å²) >= 11 is 3.56. The first-order valence-electron chi connectivity index (χ1n) is 8.08. The normalized spacial score (nSPS) is 18.8. The zero-order valence-corrected chi connectivity index (χ0v) is 14.9. The van der Waals surface area contributed by atoms with Crippen LogP contribution in [0.5, 0.6) is 0 Å². The lowest BCUT2D eigenvalue weighted by Gasteiger charge is -2.32. The van der Waals surface area contributed by atoms with Gasteiger partial charge in [0.15, 0.2) is 0 Å². The maximum atomic E-state index is 3.70. The zero-order chi connectivity index (χ0) is 15.1. The molecule has 3 nitrogen and oxygen atoms in total. The summed E-state index contributed by atoms with van der Waals surface area (Å²) in [5, 5.41) is 3.70. The van der Waals surface area contributed by atoms with Gasteiger partial charge >= 0.3 is 0 Å². The van der Waals surface area contributed by atoms with Gasteiger partial charge in [0.1, 0.15) is 0 Å². The van der Waals surface area contributed by atoms with Crippen LogP contribution in [0.25, 0.3) is 0 Å². The van der Waals surface area contributed by atoms with Crippen molar-refractivity contribution in [3.05, 3.63) is 34.3 Å². The quantitative estimate of drug-likeness (QED) is 0.759. The molecule has 118 valence electrons. The standard InChI is InChI=1S/C17H28BrN3/c1-3-17(15-6-4-7-16(18)14-15)19-8-5-9-21-12-10-20(2)11-13-21/h4,6-7,14,17,19H,3,5,8-13H2,1-2H3. The van der Waals surface area contributed by atoms with Crippen LogP contribution in [0.3, 0.4) is 0 Å². The number of nitrogens with one attached hydrogen (secondary N) is 1. The predicted molar refractivity (Wildman–Crippen MR) is 93.7 cm³/mol. The van der Waals surface area contributed by atoms with Crippen molar-refractivity contribution in [3.63, 3.8) is 0 Å². The topological polar surface area (TPSA) is 18.5 Å². The molecule has 21 heavy (non-hydrogen) atoms. The molecule has 1 aliphatic heterocycles. The van der Waals surface area contributed by atoms with Crippen molar-refractivity contribution in [2.24, 2.45) is 0 Å². The summed E-state index contributed by atoms with van der Waals surface area (Å²) in [6.07, 6.45) is 2.36. The minimum atomic E-state index is 0.468. The fourth-order valence-corrected chi connectivity index (χ4v) is 3.29. The molecule has 0 aliphatic carbocycles. The maximum Gasteiger partial charge on any atom is 0.0318 e. The number of hydrogen-bond donors (Lipinski definition) is 1. The highest BCUT2D eigenvalue weighted by atomic mass is 79.9. The van der Waals surface area contributed by atoms with Gasteiger partial charge in [-0.3, -0.25) is 0 Å². The minimum Gasteiger partial charge on any atom is -0.310 e. The second-order valence-corrected chi connectivity index (χ2v) is 6.88. The Morgan fingerprint density at radius 1 is 1.24 bits per heavy atom. The average molecular weight is 354 g/mol. The van der Waals surface area contributed by atoms with Gasteiger partial charge in [-0.2, -0.15) is 0 Å². The summed E-state index contributed by atoms with van der Waals surface area (Å²) in [7, 11) is 2.21. The average Bonchev–Trinajstić information content (AvgIpc) is 2.49. The van der Waals surface area contributed by atoms with Crippen LogP contribution in [0.2, 0.25) is 0 Å². The van der Waals surface area contributed by atoms with E-state index < -0.39 is 0 Å². The molecule has 1 aromatic carbocycles. The molecule has 1 unspecified atom stereocenters. The highest BCUT2D eigenvalue weighted by molar-refractivity contribution is 9.10. The zero-order valence-electron chi connectivity index (χ0n) is 13.3. The Kier molecular flexibility index (Phi) is 7.17. The monoisotopic (exact) mass is 353 g/mol. The number of piperazine rings is 1. The van der Waals surface area contributed by atoms with E-state index >= 15 is 0 Å². The third-order valence-corrected chi connectivity index (χ3v) is 4.79. The molecule has 1 aliphatic rings. The van der Waals surface area contributed by atoms with Crippen molar-refractivity contribution in [1.82, 2.24) is 15.1 Å². The van der Waals surface area contributed by atoms with Crippen molar-refractivity contribution >= 4 is 15.9 Å². The van der Waals surface area contributed by atoms with Gasteiger partial charge in [-0.25, -0.2) is 0 Å². The highest BCUT2D eigenvalue weighted by Crippen LogP contribution is 2.20. The van der Waals surface area contributed by atoms with Gasteiger partial charge in [-0.15, -0.1) is 0 Å². The molecule has 4 heteroatoms. The summed E-state index contributed by atoms with van der Waals surface area (Å²) in [5.41, 5.74) is 1.38. The second kappa shape index (κ2) is 8.89. The smallest absolute Gasteiger partial charge is 0.0318 e. The van der Waals surface area contributed by atoms with E-state index in [2.05, 4.69) is 69.3 Å². The number of likely N-dealkylation sites (N-methyl/N-ethyl adjacent to an activating group) is 1. The Balaban J connectivity index is 1.69. The fraction of sp³-hybridized carbons (Fsp3) is 0.647. The van der Waals surface area contributed by atoms with Crippen LogP contribution >= 0.6 is 15.9 Å². The fourth-order valence-electron chi connectivity index (χ4n) is 2.87. The van der Waals surface area contributed by atoms with Gasteiger partial charge in [0.25, 0.3) is 0 Å².